The summed E-state index contributed by atoms with van der Waals surface area (Å²) in [6, 6.07) is 7.19. The Morgan fingerprint density at radius 2 is 2.07 bits per heavy atom. The zero-order chi connectivity index (χ0) is 10.7. The second kappa shape index (κ2) is 4.31. The van der Waals surface area contributed by atoms with Crippen molar-refractivity contribution in [1.29, 1.82) is 0 Å². The van der Waals surface area contributed by atoms with Gasteiger partial charge in [0.1, 0.15) is 12.1 Å². The molecule has 0 saturated carbocycles. The summed E-state index contributed by atoms with van der Waals surface area (Å²) in [5, 5.41) is 7.21. The van der Waals surface area contributed by atoms with Crippen molar-refractivity contribution in [2.75, 3.05) is 0 Å². The van der Waals surface area contributed by atoms with Crippen LogP contribution in [0.15, 0.2) is 30.6 Å². The third-order valence-electron chi connectivity index (χ3n) is 1.95. The van der Waals surface area contributed by atoms with Crippen molar-refractivity contribution in [3.8, 4) is 5.75 Å². The predicted molar refractivity (Wildman–Crippen MR) is 56.9 cm³/mol. The molecule has 1 aromatic heterocycles. The van der Waals surface area contributed by atoms with E-state index in [1.165, 1.54) is 6.33 Å². The van der Waals surface area contributed by atoms with Crippen molar-refractivity contribution >= 4 is 11.6 Å². The average molecular weight is 224 g/mol. The van der Waals surface area contributed by atoms with E-state index in [1.807, 2.05) is 19.1 Å². The largest absolute Gasteiger partial charge is 0.483 e. The van der Waals surface area contributed by atoms with Crippen LogP contribution in [0.3, 0.4) is 0 Å². The van der Waals surface area contributed by atoms with Crippen molar-refractivity contribution in [2.24, 2.45) is 0 Å². The molecule has 2 aromatic rings. The average Bonchev–Trinajstić information content (AvgIpc) is 2.74. The van der Waals surface area contributed by atoms with Gasteiger partial charge in [-0.3, -0.25) is 5.10 Å². The Morgan fingerprint density at radius 3 is 2.67 bits per heavy atom. The van der Waals surface area contributed by atoms with E-state index in [9.17, 15) is 0 Å². The van der Waals surface area contributed by atoms with Crippen LogP contribution in [0, 0.1) is 0 Å². The Hall–Kier alpha value is -1.55. The number of ether oxygens (including phenoxy) is 1. The maximum absolute atomic E-state index is 5.76. The topological polar surface area (TPSA) is 50.8 Å². The van der Waals surface area contributed by atoms with Gasteiger partial charge in [0.25, 0.3) is 0 Å². The van der Waals surface area contributed by atoms with E-state index in [2.05, 4.69) is 15.2 Å². The van der Waals surface area contributed by atoms with Crippen LogP contribution in [0.2, 0.25) is 5.02 Å². The highest BCUT2D eigenvalue weighted by Crippen LogP contribution is 2.20. The molecule has 5 heteroatoms. The van der Waals surface area contributed by atoms with Gasteiger partial charge in [0, 0.05) is 5.02 Å². The molecule has 15 heavy (non-hydrogen) atoms. The van der Waals surface area contributed by atoms with Crippen LogP contribution in [0.4, 0.5) is 0 Å². The standard InChI is InChI=1S/C10H10ClN3O/c1-7(10-12-6-13-14-10)15-9-4-2-8(11)3-5-9/h2-7H,1H3,(H,12,13,14)/t7-/m0/s1. The fraction of sp³-hybridized carbons (Fsp3) is 0.200. The first-order chi connectivity index (χ1) is 7.25. The second-order valence-corrected chi connectivity index (χ2v) is 3.52. The maximum Gasteiger partial charge on any atom is 0.165 e. The first-order valence-electron chi connectivity index (χ1n) is 4.53. The molecule has 2 rings (SSSR count). The van der Waals surface area contributed by atoms with E-state index in [1.54, 1.807) is 12.1 Å². The number of rotatable bonds is 3. The molecule has 0 fully saturated rings. The van der Waals surface area contributed by atoms with Crippen LogP contribution >= 0.6 is 11.6 Å². The number of hydrogen-bond acceptors (Lipinski definition) is 3. The molecule has 0 aliphatic rings. The van der Waals surface area contributed by atoms with Gasteiger partial charge in [0.05, 0.1) is 0 Å². The lowest BCUT2D eigenvalue weighted by Crippen LogP contribution is -2.04. The van der Waals surface area contributed by atoms with Crippen molar-refractivity contribution in [3.05, 3.63) is 41.4 Å². The summed E-state index contributed by atoms with van der Waals surface area (Å²) in [5.41, 5.74) is 0. The minimum absolute atomic E-state index is 0.159. The van der Waals surface area contributed by atoms with Gasteiger partial charge in [-0.05, 0) is 31.2 Å². The van der Waals surface area contributed by atoms with Crippen molar-refractivity contribution in [3.63, 3.8) is 0 Å². The van der Waals surface area contributed by atoms with Crippen LogP contribution in [-0.4, -0.2) is 15.2 Å². The van der Waals surface area contributed by atoms with Crippen LogP contribution in [0.1, 0.15) is 18.9 Å². The summed E-state index contributed by atoms with van der Waals surface area (Å²) in [7, 11) is 0. The van der Waals surface area contributed by atoms with Gasteiger partial charge in [0.15, 0.2) is 11.9 Å². The zero-order valence-electron chi connectivity index (χ0n) is 8.14. The molecule has 4 nitrogen and oxygen atoms in total. The van der Waals surface area contributed by atoms with E-state index in [0.717, 1.165) is 5.75 Å². The summed E-state index contributed by atoms with van der Waals surface area (Å²) in [6.45, 7) is 1.90. The molecule has 1 aromatic carbocycles. The molecule has 0 aliphatic heterocycles. The minimum atomic E-state index is -0.159. The molecule has 0 saturated heterocycles. The summed E-state index contributed by atoms with van der Waals surface area (Å²) >= 11 is 5.76. The number of benzene rings is 1. The normalized spacial score (nSPS) is 12.4. The fourth-order valence-electron chi connectivity index (χ4n) is 1.18. The molecule has 0 radical (unpaired) electrons. The smallest absolute Gasteiger partial charge is 0.165 e. The highest BCUT2D eigenvalue weighted by molar-refractivity contribution is 6.30. The van der Waals surface area contributed by atoms with E-state index in [-0.39, 0.29) is 6.10 Å². The highest BCUT2D eigenvalue weighted by atomic mass is 35.5. The molecular formula is C10H10ClN3O. The van der Waals surface area contributed by atoms with E-state index in [0.29, 0.717) is 10.8 Å². The van der Waals surface area contributed by atoms with E-state index in [4.69, 9.17) is 16.3 Å². The molecule has 0 bridgehead atoms. The minimum Gasteiger partial charge on any atom is -0.483 e. The molecular weight excluding hydrogens is 214 g/mol. The van der Waals surface area contributed by atoms with E-state index < -0.39 is 0 Å². The molecule has 1 heterocycles. The van der Waals surface area contributed by atoms with Gasteiger partial charge in [0.2, 0.25) is 0 Å². The molecule has 0 unspecified atom stereocenters. The van der Waals surface area contributed by atoms with Crippen molar-refractivity contribution in [1.82, 2.24) is 15.2 Å². The number of hydrogen-bond donors (Lipinski definition) is 1. The van der Waals surface area contributed by atoms with Gasteiger partial charge < -0.3 is 4.74 Å². The number of H-pyrrole nitrogens is 1. The van der Waals surface area contributed by atoms with Crippen LogP contribution < -0.4 is 4.74 Å². The van der Waals surface area contributed by atoms with Gasteiger partial charge in [-0.1, -0.05) is 11.6 Å². The predicted octanol–water partition coefficient (Wildman–Crippen LogP) is 2.60. The first-order valence-corrected chi connectivity index (χ1v) is 4.91. The number of halogens is 1. The molecule has 1 N–H and O–H groups in total. The highest BCUT2D eigenvalue weighted by Gasteiger charge is 2.09. The Labute approximate surface area is 92.3 Å². The quantitative estimate of drug-likeness (QED) is 0.870. The van der Waals surface area contributed by atoms with Crippen LogP contribution in [-0.2, 0) is 0 Å². The number of nitrogens with one attached hydrogen (secondary N) is 1. The summed E-state index contributed by atoms with van der Waals surface area (Å²) in [6.07, 6.45) is 1.30. The van der Waals surface area contributed by atoms with Crippen LogP contribution in [0.25, 0.3) is 0 Å². The lowest BCUT2D eigenvalue weighted by Gasteiger charge is -2.11. The van der Waals surface area contributed by atoms with Crippen molar-refractivity contribution in [2.45, 2.75) is 13.0 Å². The maximum atomic E-state index is 5.76. The summed E-state index contributed by atoms with van der Waals surface area (Å²) in [5.74, 6) is 1.45. The molecule has 78 valence electrons. The molecule has 0 amide bonds. The summed E-state index contributed by atoms with van der Waals surface area (Å²) in [4.78, 5) is 4.01. The van der Waals surface area contributed by atoms with Gasteiger partial charge >= 0.3 is 0 Å². The third kappa shape index (κ3) is 2.47. The number of aromatic nitrogens is 3. The lowest BCUT2D eigenvalue weighted by molar-refractivity contribution is 0.217. The molecule has 0 spiro atoms. The van der Waals surface area contributed by atoms with Crippen LogP contribution in [0.5, 0.6) is 5.75 Å². The number of nitrogens with zero attached hydrogens (tertiary/aromatic N) is 2. The Balaban J connectivity index is 2.06. The van der Waals surface area contributed by atoms with Gasteiger partial charge in [-0.25, -0.2) is 4.98 Å². The summed E-state index contributed by atoms with van der Waals surface area (Å²) < 4.78 is 5.62. The van der Waals surface area contributed by atoms with Gasteiger partial charge in [-0.2, -0.15) is 5.10 Å². The number of aromatic amines is 1. The lowest BCUT2D eigenvalue weighted by atomic mass is 10.3. The van der Waals surface area contributed by atoms with E-state index >= 15 is 0 Å². The van der Waals surface area contributed by atoms with Gasteiger partial charge in [-0.15, -0.1) is 0 Å². The Morgan fingerprint density at radius 1 is 1.33 bits per heavy atom. The first kappa shape index (κ1) is 9.98. The van der Waals surface area contributed by atoms with Crippen molar-refractivity contribution < 1.29 is 4.74 Å². The Bertz CT molecular complexity index is 413. The molecule has 1 atom stereocenters. The SMILES string of the molecule is C[C@H](Oc1ccc(Cl)cc1)c1ncn[nH]1. The fourth-order valence-corrected chi connectivity index (χ4v) is 1.31. The third-order valence-corrected chi connectivity index (χ3v) is 2.20. The zero-order valence-corrected chi connectivity index (χ0v) is 8.90. The second-order valence-electron chi connectivity index (χ2n) is 3.08. The molecule has 0 aliphatic carbocycles. The monoisotopic (exact) mass is 223 g/mol. The Kier molecular flexibility index (Phi) is 2.87.